The number of aliphatic hydroxyl groups excluding tert-OH is 1. The zero-order valence-electron chi connectivity index (χ0n) is 15.2. The van der Waals surface area contributed by atoms with Gasteiger partial charge in [0.1, 0.15) is 6.54 Å². The summed E-state index contributed by atoms with van der Waals surface area (Å²) in [6.45, 7) is -0.356. The molecule has 1 aliphatic carbocycles. The number of carbonyl (C=O) groups is 2. The van der Waals surface area contributed by atoms with Crippen LogP contribution in [0.5, 0.6) is 0 Å². The van der Waals surface area contributed by atoms with Crippen LogP contribution < -0.4 is 10.6 Å². The summed E-state index contributed by atoms with van der Waals surface area (Å²) in [5, 5.41) is 15.0. The number of imidazole rings is 1. The Labute approximate surface area is 168 Å². The van der Waals surface area contributed by atoms with E-state index in [2.05, 4.69) is 15.6 Å². The minimum Gasteiger partial charge on any atom is -0.390 e. The SMILES string of the molecule is O=C(CSc1ncc(CO)n1CC(=O)NC1CC1)Nc1cccc(C(F)(F)F)c1. The van der Waals surface area contributed by atoms with E-state index in [1.807, 2.05) is 0 Å². The summed E-state index contributed by atoms with van der Waals surface area (Å²) >= 11 is 1.02. The van der Waals surface area contributed by atoms with Gasteiger partial charge in [-0.05, 0) is 31.0 Å². The molecule has 0 saturated heterocycles. The van der Waals surface area contributed by atoms with Crippen molar-refractivity contribution in [3.63, 3.8) is 0 Å². The van der Waals surface area contributed by atoms with Crippen molar-refractivity contribution < 1.29 is 27.9 Å². The quantitative estimate of drug-likeness (QED) is 0.561. The van der Waals surface area contributed by atoms with Crippen molar-refractivity contribution in [3.05, 3.63) is 41.7 Å². The summed E-state index contributed by atoms with van der Waals surface area (Å²) < 4.78 is 39.8. The van der Waals surface area contributed by atoms with E-state index in [1.54, 1.807) is 0 Å². The number of hydrogen-bond acceptors (Lipinski definition) is 5. The second-order valence-corrected chi connectivity index (χ2v) is 7.48. The fourth-order valence-electron chi connectivity index (χ4n) is 2.55. The zero-order valence-corrected chi connectivity index (χ0v) is 16.0. The number of carbonyl (C=O) groups excluding carboxylic acids is 2. The third-order valence-corrected chi connectivity index (χ3v) is 5.10. The number of halogens is 3. The van der Waals surface area contributed by atoms with Crippen molar-refractivity contribution in [2.24, 2.45) is 0 Å². The molecule has 0 atom stereocenters. The zero-order chi connectivity index (χ0) is 21.0. The highest BCUT2D eigenvalue weighted by atomic mass is 32.2. The molecule has 2 aromatic rings. The van der Waals surface area contributed by atoms with E-state index >= 15 is 0 Å². The summed E-state index contributed by atoms with van der Waals surface area (Å²) in [6.07, 6.45) is -1.20. The first kappa shape index (κ1) is 21.2. The van der Waals surface area contributed by atoms with Crippen molar-refractivity contribution in [1.82, 2.24) is 14.9 Å². The predicted molar refractivity (Wildman–Crippen MR) is 100 cm³/mol. The van der Waals surface area contributed by atoms with Crippen LogP contribution in [0.2, 0.25) is 0 Å². The van der Waals surface area contributed by atoms with E-state index in [-0.39, 0.29) is 36.5 Å². The Hall–Kier alpha value is -2.53. The van der Waals surface area contributed by atoms with Gasteiger partial charge in [0.15, 0.2) is 5.16 Å². The first-order valence-electron chi connectivity index (χ1n) is 8.81. The molecule has 7 nitrogen and oxygen atoms in total. The number of aromatic nitrogens is 2. The Bertz CT molecular complexity index is 897. The molecule has 0 bridgehead atoms. The predicted octanol–water partition coefficient (Wildman–Crippen LogP) is 2.40. The number of aliphatic hydroxyl groups is 1. The number of benzene rings is 1. The highest BCUT2D eigenvalue weighted by Crippen LogP contribution is 2.30. The van der Waals surface area contributed by atoms with Gasteiger partial charge in [-0.15, -0.1) is 0 Å². The lowest BCUT2D eigenvalue weighted by molar-refractivity contribution is -0.137. The van der Waals surface area contributed by atoms with E-state index in [4.69, 9.17) is 0 Å². The Balaban J connectivity index is 1.60. The van der Waals surface area contributed by atoms with Crippen LogP contribution in [0.1, 0.15) is 24.1 Å². The maximum Gasteiger partial charge on any atom is 0.416 e. The molecule has 0 unspecified atom stereocenters. The van der Waals surface area contributed by atoms with Crippen molar-refractivity contribution in [3.8, 4) is 0 Å². The molecule has 1 heterocycles. The van der Waals surface area contributed by atoms with Crippen molar-refractivity contribution in [1.29, 1.82) is 0 Å². The van der Waals surface area contributed by atoms with Crippen LogP contribution in [0.3, 0.4) is 0 Å². The first-order valence-corrected chi connectivity index (χ1v) is 9.79. The number of amides is 2. The minimum absolute atomic E-state index is 0.0358. The van der Waals surface area contributed by atoms with Gasteiger partial charge in [-0.3, -0.25) is 9.59 Å². The Morgan fingerprint density at radius 2 is 2.03 bits per heavy atom. The number of nitrogens with zero attached hydrogens (tertiary/aromatic N) is 2. The smallest absolute Gasteiger partial charge is 0.390 e. The molecule has 0 spiro atoms. The van der Waals surface area contributed by atoms with Crippen molar-refractivity contribution >= 4 is 29.3 Å². The lowest BCUT2D eigenvalue weighted by atomic mass is 10.2. The third-order valence-electron chi connectivity index (χ3n) is 4.11. The van der Waals surface area contributed by atoms with Crippen LogP contribution in [0.15, 0.2) is 35.6 Å². The average Bonchev–Trinajstić information content (AvgIpc) is 3.38. The van der Waals surface area contributed by atoms with Gasteiger partial charge in [0.2, 0.25) is 11.8 Å². The van der Waals surface area contributed by atoms with Crippen LogP contribution in [-0.4, -0.2) is 38.3 Å². The van der Waals surface area contributed by atoms with Gasteiger partial charge in [0, 0.05) is 11.7 Å². The van der Waals surface area contributed by atoms with Crippen LogP contribution in [0, 0.1) is 0 Å². The van der Waals surface area contributed by atoms with Gasteiger partial charge < -0.3 is 20.3 Å². The molecule has 1 aromatic carbocycles. The van der Waals surface area contributed by atoms with Crippen LogP contribution >= 0.6 is 11.8 Å². The molecule has 0 aliphatic heterocycles. The van der Waals surface area contributed by atoms with Gasteiger partial charge in [-0.25, -0.2) is 4.98 Å². The molecule has 3 rings (SSSR count). The van der Waals surface area contributed by atoms with Crippen LogP contribution in [0.25, 0.3) is 0 Å². The monoisotopic (exact) mass is 428 g/mol. The molecule has 3 N–H and O–H groups in total. The fraction of sp³-hybridized carbons (Fsp3) is 0.389. The molecule has 1 aliphatic rings. The summed E-state index contributed by atoms with van der Waals surface area (Å²) in [4.78, 5) is 28.3. The number of anilines is 1. The lowest BCUT2D eigenvalue weighted by Crippen LogP contribution is -2.30. The maximum absolute atomic E-state index is 12.8. The van der Waals surface area contributed by atoms with Crippen LogP contribution in [0.4, 0.5) is 18.9 Å². The summed E-state index contributed by atoms with van der Waals surface area (Å²) in [5.74, 6) is -0.852. The topological polar surface area (TPSA) is 96.2 Å². The average molecular weight is 428 g/mol. The number of hydrogen-bond donors (Lipinski definition) is 3. The van der Waals surface area contributed by atoms with E-state index in [1.165, 1.54) is 22.9 Å². The van der Waals surface area contributed by atoms with Crippen LogP contribution in [-0.2, 0) is 28.9 Å². The summed E-state index contributed by atoms with van der Waals surface area (Å²) in [5.41, 5.74) is -0.391. The van der Waals surface area contributed by atoms with E-state index in [0.717, 1.165) is 36.7 Å². The number of alkyl halides is 3. The highest BCUT2D eigenvalue weighted by molar-refractivity contribution is 7.99. The number of rotatable bonds is 8. The molecule has 11 heteroatoms. The molecule has 2 amide bonds. The van der Waals surface area contributed by atoms with Gasteiger partial charge in [-0.1, -0.05) is 17.8 Å². The molecule has 156 valence electrons. The van der Waals surface area contributed by atoms with Crippen molar-refractivity contribution in [2.75, 3.05) is 11.1 Å². The molecule has 29 heavy (non-hydrogen) atoms. The van der Waals surface area contributed by atoms with E-state index in [0.29, 0.717) is 10.9 Å². The van der Waals surface area contributed by atoms with Gasteiger partial charge >= 0.3 is 6.18 Å². The van der Waals surface area contributed by atoms with E-state index in [9.17, 15) is 27.9 Å². The Morgan fingerprint density at radius 3 is 2.69 bits per heavy atom. The molecule has 1 saturated carbocycles. The van der Waals surface area contributed by atoms with Gasteiger partial charge in [-0.2, -0.15) is 13.2 Å². The first-order chi connectivity index (χ1) is 13.8. The van der Waals surface area contributed by atoms with Crippen molar-refractivity contribution in [2.45, 2.75) is 43.4 Å². The van der Waals surface area contributed by atoms with E-state index < -0.39 is 17.6 Å². The lowest BCUT2D eigenvalue weighted by Gasteiger charge is -2.11. The number of nitrogens with one attached hydrogen (secondary N) is 2. The Kier molecular flexibility index (Phi) is 6.48. The third kappa shape index (κ3) is 5.97. The normalized spacial score (nSPS) is 13.9. The highest BCUT2D eigenvalue weighted by Gasteiger charge is 2.30. The summed E-state index contributed by atoms with van der Waals surface area (Å²) in [7, 11) is 0. The standard InChI is InChI=1S/C18H19F3N4O3S/c19-18(20,21)11-2-1-3-13(6-11)24-16(28)10-29-17-22-7-14(9-26)25(17)8-15(27)23-12-4-5-12/h1-3,6-7,12,26H,4-5,8-10H2,(H,23,27)(H,24,28). The largest absolute Gasteiger partial charge is 0.416 e. The fourth-order valence-corrected chi connectivity index (χ4v) is 3.34. The summed E-state index contributed by atoms with van der Waals surface area (Å²) in [6, 6.07) is 4.55. The van der Waals surface area contributed by atoms with Gasteiger partial charge in [0.25, 0.3) is 0 Å². The Morgan fingerprint density at radius 1 is 1.28 bits per heavy atom. The second-order valence-electron chi connectivity index (χ2n) is 6.53. The minimum atomic E-state index is -4.50. The molecule has 1 aromatic heterocycles. The second kappa shape index (κ2) is 8.87. The maximum atomic E-state index is 12.8. The molecular weight excluding hydrogens is 409 g/mol. The molecule has 0 radical (unpaired) electrons. The number of thioether (sulfide) groups is 1. The van der Waals surface area contributed by atoms with Gasteiger partial charge in [0.05, 0.1) is 29.8 Å². The molecular formula is C18H19F3N4O3S. The molecule has 1 fully saturated rings.